The fraction of sp³-hybridized carbons (Fsp3) is 0.526. The Labute approximate surface area is 346 Å². The molecule has 0 saturated heterocycles. The van der Waals surface area contributed by atoms with Crippen molar-refractivity contribution >= 4 is 90.5 Å². The Bertz CT molecular complexity index is 1440. The van der Waals surface area contributed by atoms with Crippen molar-refractivity contribution in [3.8, 4) is 0 Å². The van der Waals surface area contributed by atoms with Crippen LogP contribution in [0.15, 0.2) is 54.4 Å². The highest BCUT2D eigenvalue weighted by Gasteiger charge is 2.40. The molecule has 12 nitrogen and oxygen atoms in total. The number of allylic oxidation sites excluding steroid dienone is 2. The monoisotopic (exact) mass is 926 g/mol. The second kappa shape index (κ2) is 33.2. The molecule has 3 heterocycles. The van der Waals surface area contributed by atoms with Gasteiger partial charge in [0.2, 0.25) is 0 Å². The summed E-state index contributed by atoms with van der Waals surface area (Å²) in [4.78, 5) is 68.1. The van der Waals surface area contributed by atoms with Crippen LogP contribution in [0.1, 0.15) is 129 Å². The summed E-state index contributed by atoms with van der Waals surface area (Å²) in [5.41, 5.74) is 2.71. The van der Waals surface area contributed by atoms with Gasteiger partial charge in [0.15, 0.2) is 6.29 Å². The number of halogens is 2. The summed E-state index contributed by atoms with van der Waals surface area (Å²) in [5, 5.41) is 10.8. The molecule has 0 saturated carbocycles. The van der Waals surface area contributed by atoms with Gasteiger partial charge in [-0.2, -0.15) is 0 Å². The van der Waals surface area contributed by atoms with Gasteiger partial charge in [0, 0.05) is 29.6 Å². The fourth-order valence-electron chi connectivity index (χ4n) is 4.50. The van der Waals surface area contributed by atoms with Gasteiger partial charge in [-0.05, 0) is 96.2 Å². The van der Waals surface area contributed by atoms with Gasteiger partial charge in [-0.1, -0.05) is 48.5 Å². The Hall–Kier alpha value is -3.18. The minimum atomic E-state index is -0.833. The van der Waals surface area contributed by atoms with Crippen molar-refractivity contribution in [1.29, 1.82) is 0 Å². The quantitative estimate of drug-likeness (QED) is 0.0662. The maximum atomic E-state index is 13.0. The predicted octanol–water partition coefficient (Wildman–Crippen LogP) is 10.6. The van der Waals surface area contributed by atoms with Crippen LogP contribution in [0.4, 0.5) is 0 Å². The third kappa shape index (κ3) is 22.3. The maximum absolute atomic E-state index is 13.0. The van der Waals surface area contributed by atoms with E-state index in [1.807, 2.05) is 25.1 Å². The van der Waals surface area contributed by atoms with Crippen molar-refractivity contribution in [2.75, 3.05) is 19.8 Å². The standard InChI is InChI=1S/C21H28BrNO4S.C8H14O3.C5H3BrOS.C2H4O2.2CH4.H3N/c1-5-9-13-17(20(24)26-7-3)19(15-11-12-16(22)28-15)18(21(25)27-8-4)14(23-13)10-6-2;1-3-5-7(9)6-8(10)11-4-2;6-5-2-1-4(3-7)8-5;1-2(3)4;;;/h11-12,19,23H,5-10H2,1-4H3;3-6H2,1-2H3;1-3H;1H3,(H,3,4);2*1H4;1H3. The van der Waals surface area contributed by atoms with Crippen LogP contribution in [0.5, 0.6) is 0 Å². The molecule has 0 radical (unpaired) electrons. The molecule has 1 aliphatic heterocycles. The molecule has 54 heavy (non-hydrogen) atoms. The zero-order chi connectivity index (χ0) is 38.9. The zero-order valence-electron chi connectivity index (χ0n) is 30.9. The number of ketones is 1. The fourth-order valence-corrected chi connectivity index (χ4v) is 7.29. The number of aldehydes is 1. The normalized spacial score (nSPS) is 11.4. The number of Topliss-reactive ketones (excluding diaryl/α,β-unsaturated/α-hetero) is 1. The molecule has 0 aromatic carbocycles. The molecule has 0 spiro atoms. The van der Waals surface area contributed by atoms with Gasteiger partial charge in [-0.3, -0.25) is 19.2 Å². The SMILES string of the molecule is C.C.CC(=O)O.CCCC(=O)CC(=O)OCC.CCCC1=C(C(=O)OCC)C(c2ccc(Br)s2)C(C(=O)OCC)=C(CCC)N1.N.O=Cc1ccc(Br)s1. The third-order valence-corrected chi connectivity index (χ3v) is 9.52. The van der Waals surface area contributed by atoms with Gasteiger partial charge >= 0.3 is 17.9 Å². The maximum Gasteiger partial charge on any atom is 0.336 e. The number of aliphatic carboxylic acids is 1. The summed E-state index contributed by atoms with van der Waals surface area (Å²) in [6.45, 7) is 13.3. The van der Waals surface area contributed by atoms with E-state index in [0.717, 1.165) is 61.2 Å². The largest absolute Gasteiger partial charge is 0.481 e. The van der Waals surface area contributed by atoms with Gasteiger partial charge in [0.1, 0.15) is 12.2 Å². The van der Waals surface area contributed by atoms with Crippen molar-refractivity contribution < 1.29 is 48.1 Å². The van der Waals surface area contributed by atoms with Gasteiger partial charge in [-0.25, -0.2) is 9.59 Å². The highest BCUT2D eigenvalue weighted by molar-refractivity contribution is 9.11. The van der Waals surface area contributed by atoms with Gasteiger partial charge in [-0.15, -0.1) is 22.7 Å². The molecule has 2 aromatic rings. The Morgan fingerprint density at radius 2 is 1.20 bits per heavy atom. The molecule has 0 aliphatic carbocycles. The number of ether oxygens (including phenoxy) is 3. The van der Waals surface area contributed by atoms with E-state index < -0.39 is 17.9 Å². The Balaban J connectivity index is -0.000000395. The lowest BCUT2D eigenvalue weighted by Gasteiger charge is -2.32. The Morgan fingerprint density at radius 3 is 1.52 bits per heavy atom. The van der Waals surface area contributed by atoms with E-state index in [2.05, 4.69) is 55.8 Å². The zero-order valence-corrected chi connectivity index (χ0v) is 35.7. The van der Waals surface area contributed by atoms with E-state index in [1.54, 1.807) is 26.8 Å². The number of dihydropyridines is 1. The van der Waals surface area contributed by atoms with Crippen LogP contribution in [-0.2, 0) is 38.2 Å². The molecule has 5 N–H and O–H groups in total. The second-order valence-corrected chi connectivity index (χ2v) is 15.5. The first kappa shape index (κ1) is 57.5. The summed E-state index contributed by atoms with van der Waals surface area (Å²) in [6.07, 6.45) is 5.20. The van der Waals surface area contributed by atoms with Gasteiger partial charge in [0.05, 0.1) is 49.3 Å². The molecule has 0 unspecified atom stereocenters. The van der Waals surface area contributed by atoms with E-state index in [-0.39, 0.29) is 58.4 Å². The lowest BCUT2D eigenvalue weighted by molar-refractivity contribution is -0.146. The summed E-state index contributed by atoms with van der Waals surface area (Å²) >= 11 is 9.69. The predicted molar refractivity (Wildman–Crippen MR) is 225 cm³/mol. The molecular weight excluding hydrogens is 868 g/mol. The van der Waals surface area contributed by atoms with Crippen LogP contribution in [0.2, 0.25) is 0 Å². The lowest BCUT2D eigenvalue weighted by atomic mass is 9.82. The molecule has 16 heteroatoms. The number of thiophene rings is 2. The van der Waals surface area contributed by atoms with Crippen molar-refractivity contribution in [2.24, 2.45) is 0 Å². The third-order valence-electron chi connectivity index (χ3n) is 6.28. The number of hydrogen-bond donors (Lipinski definition) is 3. The van der Waals surface area contributed by atoms with E-state index in [1.165, 1.54) is 22.7 Å². The molecule has 2 aromatic heterocycles. The van der Waals surface area contributed by atoms with Crippen molar-refractivity contribution in [1.82, 2.24) is 11.5 Å². The Morgan fingerprint density at radius 1 is 0.759 bits per heavy atom. The number of carbonyl (C=O) groups is 6. The van der Waals surface area contributed by atoms with Crippen LogP contribution in [0.25, 0.3) is 0 Å². The minimum Gasteiger partial charge on any atom is -0.481 e. The molecule has 308 valence electrons. The van der Waals surface area contributed by atoms with Crippen LogP contribution < -0.4 is 11.5 Å². The number of hydrogen-bond acceptors (Lipinski definition) is 13. The number of carbonyl (C=O) groups excluding carboxylic acids is 5. The van der Waals surface area contributed by atoms with E-state index in [4.69, 9.17) is 19.4 Å². The molecule has 0 amide bonds. The smallest absolute Gasteiger partial charge is 0.336 e. The van der Waals surface area contributed by atoms with Crippen LogP contribution in [0.3, 0.4) is 0 Å². The number of carboxylic acids is 1. The van der Waals surface area contributed by atoms with Crippen molar-refractivity contribution in [3.05, 3.63) is 64.1 Å². The molecular formula is C38H60Br2N2O10S2. The first-order chi connectivity index (χ1) is 24.2. The first-order valence-corrected chi connectivity index (χ1v) is 19.9. The minimum absolute atomic E-state index is 0. The van der Waals surface area contributed by atoms with E-state index >= 15 is 0 Å². The summed E-state index contributed by atoms with van der Waals surface area (Å²) < 4.78 is 17.3. The molecule has 0 bridgehead atoms. The van der Waals surface area contributed by atoms with Gasteiger partial charge < -0.3 is 30.8 Å². The topological polar surface area (TPSA) is 197 Å². The molecule has 1 aliphatic rings. The van der Waals surface area contributed by atoms with E-state index in [9.17, 15) is 24.0 Å². The molecule has 0 fully saturated rings. The van der Waals surface area contributed by atoms with E-state index in [0.29, 0.717) is 37.0 Å². The summed E-state index contributed by atoms with van der Waals surface area (Å²) in [5.74, 6) is -2.54. The number of rotatable bonds is 15. The highest BCUT2D eigenvalue weighted by atomic mass is 79.9. The average molecular weight is 929 g/mol. The first-order valence-electron chi connectivity index (χ1n) is 16.6. The number of carboxylic acid groups (broad SMARTS) is 1. The van der Waals surface area contributed by atoms with Crippen molar-refractivity contribution in [2.45, 2.75) is 114 Å². The molecule has 0 atom stereocenters. The number of esters is 3. The number of nitrogens with one attached hydrogen (secondary N) is 1. The molecule has 3 rings (SSSR count). The lowest BCUT2D eigenvalue weighted by Crippen LogP contribution is -2.34. The Kier molecular flexibility index (Phi) is 35.4. The summed E-state index contributed by atoms with van der Waals surface area (Å²) in [6, 6.07) is 7.53. The van der Waals surface area contributed by atoms with Crippen LogP contribution >= 0.6 is 54.5 Å². The van der Waals surface area contributed by atoms with Gasteiger partial charge in [0.25, 0.3) is 5.97 Å². The van der Waals surface area contributed by atoms with Crippen LogP contribution in [0, 0.1) is 0 Å². The highest BCUT2D eigenvalue weighted by Crippen LogP contribution is 2.44. The van der Waals surface area contributed by atoms with Crippen LogP contribution in [-0.4, -0.2) is 60.9 Å². The average Bonchev–Trinajstić information content (AvgIpc) is 3.69. The second-order valence-electron chi connectivity index (χ2n) is 10.5. The van der Waals surface area contributed by atoms with Crippen molar-refractivity contribution in [3.63, 3.8) is 0 Å². The summed E-state index contributed by atoms with van der Waals surface area (Å²) in [7, 11) is 0.